The number of imide groups is 1. The maximum absolute atomic E-state index is 15.2. The van der Waals surface area contributed by atoms with Gasteiger partial charge in [0.25, 0.3) is 11.8 Å². The van der Waals surface area contributed by atoms with E-state index in [1.165, 1.54) is 6.33 Å². The van der Waals surface area contributed by atoms with Gasteiger partial charge in [-0.25, -0.2) is 38.2 Å². The van der Waals surface area contributed by atoms with Crippen molar-refractivity contribution in [3.63, 3.8) is 0 Å². The molecule has 370 valence electrons. The van der Waals surface area contributed by atoms with Crippen molar-refractivity contribution in [2.24, 2.45) is 5.92 Å². The summed E-state index contributed by atoms with van der Waals surface area (Å²) in [6.07, 6.45) is 8.71. The van der Waals surface area contributed by atoms with E-state index in [-0.39, 0.29) is 48.6 Å². The Kier molecular flexibility index (Phi) is 12.8. The fourth-order valence-electron chi connectivity index (χ4n) is 10.0. The number of hydrogen-bond donors (Lipinski definition) is 2. The van der Waals surface area contributed by atoms with E-state index in [1.54, 1.807) is 14.7 Å². The van der Waals surface area contributed by atoms with Gasteiger partial charge in [-0.1, -0.05) is 5.16 Å². The number of carbonyl (C=O) groups is 4. The Morgan fingerprint density at radius 2 is 1.53 bits per heavy atom. The van der Waals surface area contributed by atoms with Gasteiger partial charge in [0.2, 0.25) is 5.91 Å². The Bertz CT molecular complexity index is 2760. The molecule has 0 unspecified atom stereocenters. The molecule has 4 aliphatic heterocycles. The lowest BCUT2D eigenvalue weighted by Gasteiger charge is -2.39. The Labute approximate surface area is 402 Å². The quantitative estimate of drug-likeness (QED) is 0.166. The number of piperazine rings is 1. The highest BCUT2D eigenvalue weighted by Crippen LogP contribution is 2.48. The number of amides is 4. The number of halogens is 2. The molecular formula is C48H57F2N13O7. The molecule has 4 saturated heterocycles. The molecule has 5 fully saturated rings. The Morgan fingerprint density at radius 1 is 0.843 bits per heavy atom. The van der Waals surface area contributed by atoms with Gasteiger partial charge in [-0.2, -0.15) is 5.10 Å². The first-order valence-corrected chi connectivity index (χ1v) is 24.2. The summed E-state index contributed by atoms with van der Waals surface area (Å²) in [5, 5.41) is 12.2. The Balaban J connectivity index is 0.666. The topological polar surface area (TPSA) is 233 Å². The van der Waals surface area contributed by atoms with Crippen molar-refractivity contribution in [3.8, 4) is 28.5 Å². The largest absolute Gasteiger partial charge is 0.480 e. The van der Waals surface area contributed by atoms with Gasteiger partial charge in [-0.3, -0.25) is 24.6 Å². The highest BCUT2D eigenvalue weighted by Gasteiger charge is 2.38. The molecule has 1 aromatic carbocycles. The summed E-state index contributed by atoms with van der Waals surface area (Å²) in [7, 11) is 0. The smallest absolute Gasteiger partial charge is 0.410 e. The third-order valence-corrected chi connectivity index (χ3v) is 14.1. The summed E-state index contributed by atoms with van der Waals surface area (Å²) < 4.78 is 49.3. The second-order valence-electron chi connectivity index (χ2n) is 20.0. The number of nitrogens with zero attached hydrogens (tertiary/aromatic N) is 11. The lowest BCUT2D eigenvalue weighted by atomic mass is 9.91. The molecule has 8 heterocycles. The molecule has 1 aliphatic carbocycles. The molecule has 22 heteroatoms. The predicted octanol–water partition coefficient (Wildman–Crippen LogP) is 4.99. The lowest BCUT2D eigenvalue weighted by Crippen LogP contribution is -2.50. The van der Waals surface area contributed by atoms with E-state index in [0.717, 1.165) is 55.7 Å². The van der Waals surface area contributed by atoms with Crippen LogP contribution in [0.15, 0.2) is 35.4 Å². The standard InChI is InChI=1S/C48H57F2N13O7/c1-48(2,3)63-45-38(43(51)54-26-55-45)39(57-63)40-37(42(70-58-40)29-4-5-29)44-52-22-30(23-53-44)28-10-14-62(15-11-28)47(67)68-25-36(65)60-12-8-27(9-13-60)24-59-16-18-61(19-17-59)41-32(49)20-31(21-33(41)50)69-34-6-7-35(64)56-46(34)66/h20-23,26-29,34H,4-19,24-25H2,1-3H3,(H2,51,54,55)(H,56,64,66)/t34-/m1/s1. The third kappa shape index (κ3) is 9.69. The highest BCUT2D eigenvalue weighted by atomic mass is 19.1. The van der Waals surface area contributed by atoms with Crippen molar-refractivity contribution in [2.45, 2.75) is 95.6 Å². The monoisotopic (exact) mass is 965 g/mol. The molecule has 0 spiro atoms. The van der Waals surface area contributed by atoms with Crippen LogP contribution in [-0.2, 0) is 24.7 Å². The molecule has 0 bridgehead atoms. The van der Waals surface area contributed by atoms with Gasteiger partial charge in [0, 0.05) is 102 Å². The minimum absolute atomic E-state index is 0.0908. The lowest BCUT2D eigenvalue weighted by molar-refractivity contribution is -0.139. The van der Waals surface area contributed by atoms with Crippen LogP contribution < -0.4 is 20.7 Å². The number of rotatable bonds is 11. The number of fused-ring (bicyclic) bond motifs is 1. The maximum atomic E-state index is 15.2. The van der Waals surface area contributed by atoms with Crippen LogP contribution in [0, 0.1) is 17.6 Å². The molecule has 5 aromatic rings. The van der Waals surface area contributed by atoms with Crippen molar-refractivity contribution < 1.29 is 42.0 Å². The number of carbonyl (C=O) groups excluding carboxylic acids is 4. The molecule has 4 aromatic heterocycles. The number of hydrogen-bond acceptors (Lipinski definition) is 16. The minimum Gasteiger partial charge on any atom is -0.480 e. The first-order chi connectivity index (χ1) is 33.7. The van der Waals surface area contributed by atoms with Crippen LogP contribution in [-0.4, -0.2) is 145 Å². The Morgan fingerprint density at radius 3 is 2.19 bits per heavy atom. The molecular weight excluding hydrogens is 909 g/mol. The number of ether oxygens (including phenoxy) is 2. The van der Waals surface area contributed by atoms with Crippen molar-refractivity contribution in [2.75, 3.05) is 76.1 Å². The van der Waals surface area contributed by atoms with E-state index in [1.807, 2.05) is 37.8 Å². The SMILES string of the molecule is CC(C)(C)n1nc(-c2noc(C3CC3)c2-c2ncc(C3CCN(C(=O)OCC(=O)N4CCC(CN5CCN(c6c(F)cc(O[C@@H]7CCC(=O)NC7=O)cc6F)CC5)CC4)CC3)cn2)c2c(N)ncnc21. The summed E-state index contributed by atoms with van der Waals surface area (Å²) in [5.41, 5.74) is 9.11. The molecule has 20 nitrogen and oxygen atoms in total. The number of aromatic nitrogens is 7. The van der Waals surface area contributed by atoms with Crippen molar-refractivity contribution in [1.29, 1.82) is 0 Å². The van der Waals surface area contributed by atoms with E-state index in [2.05, 4.69) is 25.3 Å². The Hall–Kier alpha value is -6.84. The molecule has 3 N–H and O–H groups in total. The summed E-state index contributed by atoms with van der Waals surface area (Å²) in [5.74, 6) is -0.757. The molecule has 1 atom stereocenters. The van der Waals surface area contributed by atoms with Crippen LogP contribution >= 0.6 is 0 Å². The molecule has 70 heavy (non-hydrogen) atoms. The minimum atomic E-state index is -0.995. The van der Waals surface area contributed by atoms with Crippen LogP contribution in [0.2, 0.25) is 0 Å². The zero-order valence-corrected chi connectivity index (χ0v) is 39.5. The van der Waals surface area contributed by atoms with E-state index in [9.17, 15) is 19.2 Å². The van der Waals surface area contributed by atoms with Crippen molar-refractivity contribution in [3.05, 3.63) is 53.8 Å². The first-order valence-electron chi connectivity index (χ1n) is 24.2. The number of anilines is 2. The van der Waals surface area contributed by atoms with Gasteiger partial charge in [0.05, 0.1) is 16.5 Å². The van der Waals surface area contributed by atoms with E-state index in [4.69, 9.17) is 34.8 Å². The fraction of sp³-hybridized carbons (Fsp3) is 0.542. The van der Waals surface area contributed by atoms with Crippen LogP contribution in [0.1, 0.15) is 95.3 Å². The number of likely N-dealkylation sites (tertiary alicyclic amines) is 2. The first kappa shape index (κ1) is 46.9. The fourth-order valence-corrected chi connectivity index (χ4v) is 10.0. The number of nitrogens with two attached hydrogens (primary N) is 1. The van der Waals surface area contributed by atoms with Crippen LogP contribution in [0.4, 0.5) is 25.1 Å². The van der Waals surface area contributed by atoms with Crippen molar-refractivity contribution >= 4 is 46.4 Å². The third-order valence-electron chi connectivity index (χ3n) is 14.1. The molecule has 1 saturated carbocycles. The average molecular weight is 966 g/mol. The molecule has 10 rings (SSSR count). The zero-order chi connectivity index (χ0) is 48.8. The van der Waals surface area contributed by atoms with Gasteiger partial charge in [0.1, 0.15) is 35.0 Å². The van der Waals surface area contributed by atoms with E-state index >= 15 is 8.78 Å². The van der Waals surface area contributed by atoms with Crippen molar-refractivity contribution in [1.82, 2.24) is 54.9 Å². The van der Waals surface area contributed by atoms with Gasteiger partial charge >= 0.3 is 6.09 Å². The van der Waals surface area contributed by atoms with Gasteiger partial charge in [-0.05, 0) is 76.7 Å². The summed E-state index contributed by atoms with van der Waals surface area (Å²) in [6, 6.07) is 2.15. The van der Waals surface area contributed by atoms with E-state index < -0.39 is 41.2 Å². The normalized spacial score (nSPS) is 20.0. The molecule has 5 aliphatic rings. The van der Waals surface area contributed by atoms with Gasteiger partial charge < -0.3 is 34.4 Å². The number of benzene rings is 1. The van der Waals surface area contributed by atoms with E-state index in [0.29, 0.717) is 111 Å². The molecule has 4 amide bonds. The summed E-state index contributed by atoms with van der Waals surface area (Å²) in [6.45, 7) is 10.7. The van der Waals surface area contributed by atoms with Crippen LogP contribution in [0.5, 0.6) is 5.75 Å². The average Bonchev–Trinajstić information content (AvgIpc) is 3.96. The highest BCUT2D eigenvalue weighted by molar-refractivity contribution is 6.01. The molecule has 0 radical (unpaired) electrons. The number of nitrogens with one attached hydrogen (secondary N) is 1. The summed E-state index contributed by atoms with van der Waals surface area (Å²) in [4.78, 5) is 75.5. The van der Waals surface area contributed by atoms with Gasteiger partial charge in [-0.15, -0.1) is 0 Å². The predicted molar refractivity (Wildman–Crippen MR) is 249 cm³/mol. The summed E-state index contributed by atoms with van der Waals surface area (Å²) >= 11 is 0. The van der Waals surface area contributed by atoms with Gasteiger partial charge in [0.15, 0.2) is 41.6 Å². The van der Waals surface area contributed by atoms with Crippen LogP contribution in [0.25, 0.3) is 33.8 Å². The number of piperidine rings is 3. The second kappa shape index (κ2) is 19.2. The zero-order valence-electron chi connectivity index (χ0n) is 39.5. The van der Waals surface area contributed by atoms with Crippen LogP contribution in [0.3, 0.4) is 0 Å². The second-order valence-corrected chi connectivity index (χ2v) is 20.0. The maximum Gasteiger partial charge on any atom is 0.410 e. The number of nitrogen functional groups attached to an aromatic ring is 1.